The Hall–Kier alpha value is -1.28. The minimum atomic E-state index is -2.81. The van der Waals surface area contributed by atoms with Crippen LogP contribution in [0.2, 0.25) is 0 Å². The number of alkyl halides is 2. The van der Waals surface area contributed by atoms with Gasteiger partial charge in [-0.05, 0) is 24.9 Å². The van der Waals surface area contributed by atoms with Gasteiger partial charge in [-0.15, -0.1) is 0 Å². The minimum Gasteiger partial charge on any atom is -0.434 e. The number of likely N-dealkylation sites (N-methyl/N-ethyl adjacent to an activating group) is 1. The highest BCUT2D eigenvalue weighted by Gasteiger charge is 2.34. The number of hydrogen-bond donors (Lipinski definition) is 1. The van der Waals surface area contributed by atoms with Crippen LogP contribution in [0.15, 0.2) is 24.3 Å². The Labute approximate surface area is 154 Å². The van der Waals surface area contributed by atoms with Crippen molar-refractivity contribution in [1.82, 2.24) is 14.7 Å². The Balaban J connectivity index is 1.59. The summed E-state index contributed by atoms with van der Waals surface area (Å²) in [7, 11) is 2.14. The van der Waals surface area contributed by atoms with Crippen molar-refractivity contribution in [3.8, 4) is 5.75 Å². The van der Waals surface area contributed by atoms with E-state index >= 15 is 0 Å². The van der Waals surface area contributed by atoms with E-state index in [9.17, 15) is 13.9 Å². The lowest BCUT2D eigenvalue weighted by molar-refractivity contribution is -0.0507. The molecule has 2 aliphatic heterocycles. The largest absolute Gasteiger partial charge is 0.434 e. The van der Waals surface area contributed by atoms with Crippen LogP contribution in [0.1, 0.15) is 5.56 Å². The summed E-state index contributed by atoms with van der Waals surface area (Å²) in [6, 6.07) is 6.97. The monoisotopic (exact) mass is 369 g/mol. The summed E-state index contributed by atoms with van der Waals surface area (Å²) in [6.07, 6.45) is 0. The molecule has 1 aromatic carbocycles. The third-order valence-corrected chi connectivity index (χ3v) is 5.56. The van der Waals surface area contributed by atoms with Gasteiger partial charge in [-0.25, -0.2) is 0 Å². The average molecular weight is 369 g/mol. The van der Waals surface area contributed by atoms with Crippen LogP contribution in [0.5, 0.6) is 5.75 Å². The van der Waals surface area contributed by atoms with Crippen LogP contribution < -0.4 is 4.74 Å². The zero-order valence-electron chi connectivity index (χ0n) is 15.4. The number of likely N-dealkylation sites (tertiary alicyclic amines) is 1. The van der Waals surface area contributed by atoms with E-state index in [1.54, 1.807) is 12.1 Å². The van der Waals surface area contributed by atoms with E-state index in [-0.39, 0.29) is 18.3 Å². The zero-order valence-corrected chi connectivity index (χ0v) is 15.4. The zero-order chi connectivity index (χ0) is 18.5. The Morgan fingerprint density at radius 2 is 1.77 bits per heavy atom. The van der Waals surface area contributed by atoms with E-state index in [1.807, 2.05) is 12.1 Å². The highest BCUT2D eigenvalue weighted by atomic mass is 19.3. The molecule has 1 N–H and O–H groups in total. The van der Waals surface area contributed by atoms with Gasteiger partial charge in [-0.3, -0.25) is 4.90 Å². The predicted molar refractivity (Wildman–Crippen MR) is 96.4 cm³/mol. The van der Waals surface area contributed by atoms with Crippen LogP contribution in [0.25, 0.3) is 0 Å². The molecule has 0 amide bonds. The van der Waals surface area contributed by atoms with E-state index in [0.29, 0.717) is 12.5 Å². The first-order valence-corrected chi connectivity index (χ1v) is 9.32. The molecule has 0 bridgehead atoms. The molecule has 2 unspecified atom stereocenters. The molecule has 0 spiro atoms. The molecule has 2 saturated heterocycles. The maximum atomic E-state index is 12.6. The second-order valence-corrected chi connectivity index (χ2v) is 7.49. The van der Waals surface area contributed by atoms with Gasteiger partial charge in [-0.1, -0.05) is 18.2 Å². The third kappa shape index (κ3) is 5.13. The Kier molecular flexibility index (Phi) is 6.80. The maximum Gasteiger partial charge on any atom is 0.387 e. The number of rotatable bonds is 7. The third-order valence-electron chi connectivity index (χ3n) is 5.56. The summed E-state index contributed by atoms with van der Waals surface area (Å²) in [5.74, 6) is 0.884. The summed E-state index contributed by atoms with van der Waals surface area (Å²) < 4.78 is 29.9. The fraction of sp³-hybridized carbons (Fsp3) is 0.684. The van der Waals surface area contributed by atoms with Crippen molar-refractivity contribution in [3.05, 3.63) is 29.8 Å². The molecule has 0 aliphatic carbocycles. The molecule has 1 aromatic rings. The van der Waals surface area contributed by atoms with E-state index in [0.717, 1.165) is 51.4 Å². The maximum absolute atomic E-state index is 12.6. The summed E-state index contributed by atoms with van der Waals surface area (Å²) in [4.78, 5) is 7.06. The van der Waals surface area contributed by atoms with Gasteiger partial charge in [0.1, 0.15) is 5.75 Å². The highest BCUT2D eigenvalue weighted by Crippen LogP contribution is 2.28. The Bertz CT molecular complexity index is 567. The molecule has 3 rings (SSSR count). The van der Waals surface area contributed by atoms with E-state index in [1.165, 1.54) is 0 Å². The molecule has 26 heavy (non-hydrogen) atoms. The van der Waals surface area contributed by atoms with Crippen molar-refractivity contribution < 1.29 is 18.6 Å². The standard InChI is InChI=1S/C19H29F2N3O2/c1-22-6-8-23(9-7-22)11-16-12-24(13-17(16)14-25)10-15-4-2-3-5-18(15)26-19(20)21/h2-5,16-17,19,25H,6-14H2,1H3. The fourth-order valence-electron chi connectivity index (χ4n) is 4.03. The average Bonchev–Trinajstić information content (AvgIpc) is 3.00. The van der Waals surface area contributed by atoms with Gasteiger partial charge in [-0.2, -0.15) is 8.78 Å². The number of benzene rings is 1. The number of piperazine rings is 1. The quantitative estimate of drug-likeness (QED) is 0.790. The molecule has 2 aliphatic rings. The van der Waals surface area contributed by atoms with Gasteiger partial charge in [0.05, 0.1) is 0 Å². The van der Waals surface area contributed by atoms with Crippen LogP contribution in [-0.2, 0) is 6.54 Å². The first-order valence-electron chi connectivity index (χ1n) is 9.32. The lowest BCUT2D eigenvalue weighted by Crippen LogP contribution is -2.47. The molecule has 0 radical (unpaired) electrons. The number of nitrogens with zero attached hydrogens (tertiary/aromatic N) is 3. The molecule has 5 nitrogen and oxygen atoms in total. The topological polar surface area (TPSA) is 39.2 Å². The van der Waals surface area contributed by atoms with E-state index in [4.69, 9.17) is 0 Å². The van der Waals surface area contributed by atoms with Crippen molar-refractivity contribution >= 4 is 0 Å². The van der Waals surface area contributed by atoms with Crippen LogP contribution in [0, 0.1) is 11.8 Å². The van der Waals surface area contributed by atoms with E-state index < -0.39 is 6.61 Å². The lowest BCUT2D eigenvalue weighted by atomic mass is 9.96. The number of aliphatic hydroxyl groups excluding tert-OH is 1. The summed E-state index contributed by atoms with van der Waals surface area (Å²) in [5.41, 5.74) is 0.768. The SMILES string of the molecule is CN1CCN(CC2CN(Cc3ccccc3OC(F)F)CC2CO)CC1. The molecule has 2 fully saturated rings. The Morgan fingerprint density at radius 1 is 1.08 bits per heavy atom. The fourth-order valence-corrected chi connectivity index (χ4v) is 4.03. The molecular formula is C19H29F2N3O2. The molecule has 0 aromatic heterocycles. The van der Waals surface area contributed by atoms with Crippen LogP contribution in [0.3, 0.4) is 0 Å². The summed E-state index contributed by atoms with van der Waals surface area (Å²) in [5, 5.41) is 9.79. The Morgan fingerprint density at radius 3 is 2.46 bits per heavy atom. The van der Waals surface area contributed by atoms with Crippen molar-refractivity contribution in [2.45, 2.75) is 13.2 Å². The predicted octanol–water partition coefficient (Wildman–Crippen LogP) is 1.58. The molecule has 146 valence electrons. The van der Waals surface area contributed by atoms with Crippen molar-refractivity contribution in [3.63, 3.8) is 0 Å². The van der Waals surface area contributed by atoms with Crippen LogP contribution >= 0.6 is 0 Å². The minimum absolute atomic E-state index is 0.171. The highest BCUT2D eigenvalue weighted by molar-refractivity contribution is 5.33. The second-order valence-electron chi connectivity index (χ2n) is 7.49. The van der Waals surface area contributed by atoms with E-state index in [2.05, 4.69) is 26.5 Å². The van der Waals surface area contributed by atoms with Crippen LogP contribution in [0.4, 0.5) is 8.78 Å². The number of hydrogen-bond acceptors (Lipinski definition) is 5. The van der Waals surface area contributed by atoms with Gasteiger partial charge < -0.3 is 19.6 Å². The van der Waals surface area contributed by atoms with Gasteiger partial charge in [0.2, 0.25) is 0 Å². The van der Waals surface area contributed by atoms with Crippen molar-refractivity contribution in [2.75, 3.05) is 59.5 Å². The lowest BCUT2D eigenvalue weighted by Gasteiger charge is -2.34. The van der Waals surface area contributed by atoms with Gasteiger partial charge in [0, 0.05) is 64.5 Å². The van der Waals surface area contributed by atoms with Gasteiger partial charge in [0.25, 0.3) is 0 Å². The summed E-state index contributed by atoms with van der Waals surface area (Å²) in [6.45, 7) is 4.88. The second kappa shape index (κ2) is 9.08. The molecule has 0 saturated carbocycles. The van der Waals surface area contributed by atoms with Crippen molar-refractivity contribution in [2.24, 2.45) is 11.8 Å². The molecule has 2 heterocycles. The van der Waals surface area contributed by atoms with Crippen molar-refractivity contribution in [1.29, 1.82) is 0 Å². The molecular weight excluding hydrogens is 340 g/mol. The number of ether oxygens (including phenoxy) is 1. The normalized spacial score (nSPS) is 25.9. The smallest absolute Gasteiger partial charge is 0.387 e. The van der Waals surface area contributed by atoms with Gasteiger partial charge >= 0.3 is 6.61 Å². The molecule has 7 heteroatoms. The van der Waals surface area contributed by atoms with Crippen LogP contribution in [-0.4, -0.2) is 85.9 Å². The van der Waals surface area contributed by atoms with Gasteiger partial charge in [0.15, 0.2) is 0 Å². The first kappa shape index (κ1) is 19.5. The number of para-hydroxylation sites is 1. The molecule has 2 atom stereocenters. The number of halogens is 2. The summed E-state index contributed by atoms with van der Waals surface area (Å²) >= 11 is 0. The number of aliphatic hydroxyl groups is 1. The first-order chi connectivity index (χ1) is 12.5.